The molecule has 8 heteroatoms. The highest BCUT2D eigenvalue weighted by Gasteiger charge is 2.21. The summed E-state index contributed by atoms with van der Waals surface area (Å²) >= 11 is 0. The molecule has 4 aromatic rings. The number of benzene rings is 2. The lowest BCUT2D eigenvalue weighted by molar-refractivity contribution is 0.0950. The second-order valence-corrected chi connectivity index (χ2v) is 6.70. The van der Waals surface area contributed by atoms with Crippen molar-refractivity contribution in [2.45, 2.75) is 6.54 Å². The Morgan fingerprint density at radius 3 is 2.55 bits per heavy atom. The van der Waals surface area contributed by atoms with Crippen molar-refractivity contribution >= 4 is 5.91 Å². The van der Waals surface area contributed by atoms with Gasteiger partial charge in [-0.05, 0) is 42.5 Å². The van der Waals surface area contributed by atoms with Crippen LogP contribution in [0.3, 0.4) is 0 Å². The zero-order chi connectivity index (χ0) is 21.8. The molecule has 0 saturated heterocycles. The number of methoxy groups -OCH3 is 2. The summed E-state index contributed by atoms with van der Waals surface area (Å²) in [4.78, 5) is 13.1. The largest absolute Gasteiger partial charge is 0.497 e. The monoisotopic (exact) mass is 420 g/mol. The van der Waals surface area contributed by atoms with E-state index < -0.39 is 5.82 Å². The summed E-state index contributed by atoms with van der Waals surface area (Å²) in [5, 5.41) is 7.18. The summed E-state index contributed by atoms with van der Waals surface area (Å²) in [6, 6.07) is 15.3. The van der Waals surface area contributed by atoms with Gasteiger partial charge in [0.2, 0.25) is 0 Å². The molecule has 4 rings (SSSR count). The van der Waals surface area contributed by atoms with Gasteiger partial charge in [-0.1, -0.05) is 12.1 Å². The first-order chi connectivity index (χ1) is 15.1. The van der Waals surface area contributed by atoms with E-state index in [-0.39, 0.29) is 18.1 Å². The zero-order valence-electron chi connectivity index (χ0n) is 17.1. The molecule has 2 heterocycles. The summed E-state index contributed by atoms with van der Waals surface area (Å²) in [7, 11) is 3.14. The fourth-order valence-corrected chi connectivity index (χ4v) is 3.32. The Bertz CT molecular complexity index is 1200. The highest BCUT2D eigenvalue weighted by atomic mass is 19.1. The Labute approximate surface area is 178 Å². The van der Waals surface area contributed by atoms with Gasteiger partial charge in [0, 0.05) is 24.5 Å². The topological polar surface area (TPSA) is 70.3 Å². The van der Waals surface area contributed by atoms with Crippen LogP contribution in [0.5, 0.6) is 11.5 Å². The fourth-order valence-electron chi connectivity index (χ4n) is 3.32. The molecule has 1 N–H and O–H groups in total. The molecule has 2 aromatic carbocycles. The molecule has 0 atom stereocenters. The van der Waals surface area contributed by atoms with Gasteiger partial charge >= 0.3 is 0 Å². The van der Waals surface area contributed by atoms with Gasteiger partial charge in [-0.3, -0.25) is 4.79 Å². The second-order valence-electron chi connectivity index (χ2n) is 6.70. The molecule has 31 heavy (non-hydrogen) atoms. The van der Waals surface area contributed by atoms with Crippen LogP contribution in [0.2, 0.25) is 0 Å². The van der Waals surface area contributed by atoms with E-state index in [0.29, 0.717) is 22.9 Å². The summed E-state index contributed by atoms with van der Waals surface area (Å²) in [5.74, 6) is 0.938. The first-order valence-corrected chi connectivity index (χ1v) is 9.57. The van der Waals surface area contributed by atoms with E-state index in [4.69, 9.17) is 9.47 Å². The van der Waals surface area contributed by atoms with E-state index in [1.54, 1.807) is 67.6 Å². The molecular formula is C23H21FN4O3. The van der Waals surface area contributed by atoms with Gasteiger partial charge in [0.15, 0.2) is 5.82 Å². The van der Waals surface area contributed by atoms with Crippen molar-refractivity contribution in [3.05, 3.63) is 90.1 Å². The third kappa shape index (κ3) is 4.00. The number of nitrogens with zero attached hydrogens (tertiary/aromatic N) is 3. The van der Waals surface area contributed by atoms with Crippen LogP contribution >= 0.6 is 0 Å². The van der Waals surface area contributed by atoms with Gasteiger partial charge in [-0.2, -0.15) is 5.10 Å². The Balaban J connectivity index is 1.67. The number of amides is 1. The molecule has 158 valence electrons. The zero-order valence-corrected chi connectivity index (χ0v) is 17.1. The number of carbonyl (C=O) groups excluding carboxylic acids is 1. The Morgan fingerprint density at radius 1 is 1.06 bits per heavy atom. The number of carbonyl (C=O) groups is 1. The van der Waals surface area contributed by atoms with Crippen molar-refractivity contribution < 1.29 is 18.7 Å². The van der Waals surface area contributed by atoms with Crippen molar-refractivity contribution in [2.75, 3.05) is 14.2 Å². The van der Waals surface area contributed by atoms with E-state index in [2.05, 4.69) is 10.4 Å². The third-order valence-electron chi connectivity index (χ3n) is 4.85. The SMILES string of the molecule is COc1ccc(OC)c(CNC(=O)c2cnn(-c3ccccc3F)c2-n2cccc2)c1. The van der Waals surface area contributed by atoms with Crippen LogP contribution in [0.1, 0.15) is 15.9 Å². The average molecular weight is 420 g/mol. The predicted molar refractivity (Wildman–Crippen MR) is 114 cm³/mol. The smallest absolute Gasteiger partial charge is 0.256 e. The molecule has 0 fully saturated rings. The number of aromatic nitrogens is 3. The molecule has 7 nitrogen and oxygen atoms in total. The van der Waals surface area contributed by atoms with Gasteiger partial charge in [-0.25, -0.2) is 9.07 Å². The van der Waals surface area contributed by atoms with Crippen LogP contribution < -0.4 is 14.8 Å². The van der Waals surface area contributed by atoms with Crippen LogP contribution in [0.4, 0.5) is 4.39 Å². The number of halogens is 1. The quantitative estimate of drug-likeness (QED) is 0.494. The second kappa shape index (κ2) is 8.74. The van der Waals surface area contributed by atoms with Crippen LogP contribution in [-0.4, -0.2) is 34.5 Å². The van der Waals surface area contributed by atoms with E-state index in [9.17, 15) is 9.18 Å². The van der Waals surface area contributed by atoms with E-state index >= 15 is 0 Å². The standard InChI is InChI=1S/C23H21FN4O3/c1-30-17-9-10-21(31-2)16(13-17)14-25-22(29)18-15-26-28(20-8-4-3-7-19(20)24)23(18)27-11-5-6-12-27/h3-13,15H,14H2,1-2H3,(H,25,29). The number of rotatable bonds is 7. The fraction of sp³-hybridized carbons (Fsp3) is 0.130. The Morgan fingerprint density at radius 2 is 1.84 bits per heavy atom. The molecule has 0 aliphatic carbocycles. The van der Waals surface area contributed by atoms with Gasteiger partial charge in [0.1, 0.15) is 28.6 Å². The lowest BCUT2D eigenvalue weighted by Gasteiger charge is -2.13. The first kappa shape index (κ1) is 20.2. The maximum absolute atomic E-state index is 14.4. The van der Waals surface area contributed by atoms with Crippen molar-refractivity contribution in [3.63, 3.8) is 0 Å². The number of para-hydroxylation sites is 1. The van der Waals surface area contributed by atoms with Crippen LogP contribution in [0.15, 0.2) is 73.2 Å². The molecule has 0 bridgehead atoms. The normalized spacial score (nSPS) is 10.7. The van der Waals surface area contributed by atoms with E-state index in [1.807, 2.05) is 12.1 Å². The van der Waals surface area contributed by atoms with Crippen molar-refractivity contribution in [1.29, 1.82) is 0 Å². The highest BCUT2D eigenvalue weighted by molar-refractivity contribution is 5.97. The maximum Gasteiger partial charge on any atom is 0.256 e. The molecule has 0 aliphatic heterocycles. The van der Waals surface area contributed by atoms with Crippen LogP contribution in [-0.2, 0) is 6.54 Å². The van der Waals surface area contributed by atoms with Crippen LogP contribution in [0.25, 0.3) is 11.5 Å². The maximum atomic E-state index is 14.4. The first-order valence-electron chi connectivity index (χ1n) is 9.57. The molecule has 0 unspecified atom stereocenters. The molecule has 0 spiro atoms. The average Bonchev–Trinajstić information content (AvgIpc) is 3.47. The molecule has 1 amide bonds. The minimum absolute atomic E-state index is 0.217. The van der Waals surface area contributed by atoms with Gasteiger partial charge in [0.05, 0.1) is 20.4 Å². The van der Waals surface area contributed by atoms with E-state index in [0.717, 1.165) is 5.56 Å². The Hall–Kier alpha value is -4.07. The molecule has 0 saturated carbocycles. The molecule has 0 aliphatic rings. The van der Waals surface area contributed by atoms with Crippen molar-refractivity contribution in [2.24, 2.45) is 0 Å². The minimum atomic E-state index is -0.438. The molecular weight excluding hydrogens is 399 g/mol. The number of hydrogen-bond donors (Lipinski definition) is 1. The minimum Gasteiger partial charge on any atom is -0.497 e. The summed E-state index contributed by atoms with van der Waals surface area (Å²) in [6.45, 7) is 0.217. The van der Waals surface area contributed by atoms with Gasteiger partial charge in [0.25, 0.3) is 5.91 Å². The van der Waals surface area contributed by atoms with E-state index in [1.165, 1.54) is 16.9 Å². The molecule has 2 aromatic heterocycles. The third-order valence-corrected chi connectivity index (χ3v) is 4.85. The highest BCUT2D eigenvalue weighted by Crippen LogP contribution is 2.25. The number of ether oxygens (including phenoxy) is 2. The lowest BCUT2D eigenvalue weighted by atomic mass is 10.1. The Kier molecular flexibility index (Phi) is 5.70. The van der Waals surface area contributed by atoms with Crippen molar-refractivity contribution in [1.82, 2.24) is 19.7 Å². The summed E-state index contributed by atoms with van der Waals surface area (Å²) < 4.78 is 28.2. The summed E-state index contributed by atoms with van der Waals surface area (Å²) in [6.07, 6.45) is 4.98. The predicted octanol–water partition coefficient (Wildman–Crippen LogP) is 3.75. The molecule has 0 radical (unpaired) electrons. The summed E-state index contributed by atoms with van der Waals surface area (Å²) in [5.41, 5.74) is 1.32. The van der Waals surface area contributed by atoms with Gasteiger partial charge in [-0.15, -0.1) is 0 Å². The van der Waals surface area contributed by atoms with Gasteiger partial charge < -0.3 is 19.4 Å². The number of hydrogen-bond acceptors (Lipinski definition) is 4. The number of nitrogens with one attached hydrogen (secondary N) is 1. The van der Waals surface area contributed by atoms with Crippen LogP contribution in [0, 0.1) is 5.82 Å². The van der Waals surface area contributed by atoms with Crippen molar-refractivity contribution in [3.8, 4) is 23.0 Å². The lowest BCUT2D eigenvalue weighted by Crippen LogP contribution is -2.24.